The average Bonchev–Trinajstić information content (AvgIpc) is 2.78. The molecule has 1 saturated heterocycles. The molecule has 1 amide bonds. The first-order chi connectivity index (χ1) is 14.0. The van der Waals surface area contributed by atoms with E-state index in [2.05, 4.69) is 10.3 Å². The molecule has 0 saturated carbocycles. The number of piperidine rings is 1. The van der Waals surface area contributed by atoms with E-state index < -0.39 is 10.0 Å². The van der Waals surface area contributed by atoms with E-state index in [0.717, 1.165) is 16.5 Å². The summed E-state index contributed by atoms with van der Waals surface area (Å²) in [6.45, 7) is 0.968. The normalized spacial score (nSPS) is 17.9. The molecule has 2 heterocycles. The van der Waals surface area contributed by atoms with Crippen LogP contribution in [0.5, 0.6) is 0 Å². The average molecular weight is 410 g/mol. The maximum absolute atomic E-state index is 13.2. The van der Waals surface area contributed by atoms with Gasteiger partial charge in [0, 0.05) is 19.3 Å². The number of pyridine rings is 1. The van der Waals surface area contributed by atoms with Crippen molar-refractivity contribution in [1.29, 1.82) is 0 Å². The molecule has 3 aromatic rings. The summed E-state index contributed by atoms with van der Waals surface area (Å²) in [5.74, 6) is -0.489. The zero-order valence-corrected chi connectivity index (χ0v) is 16.8. The van der Waals surface area contributed by atoms with E-state index in [1.165, 1.54) is 4.31 Å². The van der Waals surface area contributed by atoms with Crippen molar-refractivity contribution >= 4 is 26.7 Å². The van der Waals surface area contributed by atoms with E-state index in [-0.39, 0.29) is 23.3 Å². The van der Waals surface area contributed by atoms with E-state index >= 15 is 0 Å². The predicted molar refractivity (Wildman–Crippen MR) is 112 cm³/mol. The summed E-state index contributed by atoms with van der Waals surface area (Å²) in [5.41, 5.74) is 0.775. The smallest absolute Gasteiger partial charge is 0.243 e. The number of carbonyl (C=O) groups is 1. The third kappa shape index (κ3) is 4.31. The van der Waals surface area contributed by atoms with Crippen LogP contribution in [0.3, 0.4) is 0 Å². The van der Waals surface area contributed by atoms with Gasteiger partial charge in [-0.15, -0.1) is 0 Å². The van der Waals surface area contributed by atoms with Crippen LogP contribution in [0.15, 0.2) is 71.8 Å². The molecule has 0 radical (unpaired) electrons. The fourth-order valence-corrected chi connectivity index (χ4v) is 5.24. The standard InChI is InChI=1S/C22H23N3O3S/c26-22(24-15-20-9-3-4-12-23-20)19-8-5-13-25(16-19)29(27,28)21-11-10-17-6-1-2-7-18(17)14-21/h1-4,6-7,9-12,14,19H,5,8,13,15-16H2,(H,24,26)/t19-/m1/s1. The van der Waals surface area contributed by atoms with Crippen molar-refractivity contribution in [1.82, 2.24) is 14.6 Å². The summed E-state index contributed by atoms with van der Waals surface area (Å²) in [4.78, 5) is 17.1. The van der Waals surface area contributed by atoms with Gasteiger partial charge in [0.15, 0.2) is 0 Å². The van der Waals surface area contributed by atoms with Gasteiger partial charge in [-0.3, -0.25) is 9.78 Å². The Morgan fingerprint density at radius 2 is 1.86 bits per heavy atom. The number of aromatic nitrogens is 1. The van der Waals surface area contributed by atoms with Crippen molar-refractivity contribution in [2.45, 2.75) is 24.3 Å². The molecule has 0 unspecified atom stereocenters. The first kappa shape index (κ1) is 19.5. The SMILES string of the molecule is O=C(NCc1ccccn1)[C@@H]1CCCN(S(=O)(=O)c2ccc3ccccc3c2)C1. The molecule has 1 atom stereocenters. The van der Waals surface area contributed by atoms with Crippen molar-refractivity contribution in [3.63, 3.8) is 0 Å². The predicted octanol–water partition coefficient (Wildman–Crippen LogP) is 2.95. The molecule has 150 valence electrons. The lowest BCUT2D eigenvalue weighted by atomic mass is 9.99. The van der Waals surface area contributed by atoms with E-state index in [1.807, 2.05) is 48.5 Å². The number of sulfonamides is 1. The van der Waals surface area contributed by atoms with E-state index in [0.29, 0.717) is 25.9 Å². The number of rotatable bonds is 5. The maximum atomic E-state index is 13.2. The number of nitrogens with zero attached hydrogens (tertiary/aromatic N) is 2. The number of hydrogen-bond acceptors (Lipinski definition) is 4. The number of nitrogens with one attached hydrogen (secondary N) is 1. The van der Waals surface area contributed by atoms with Crippen LogP contribution in [-0.2, 0) is 21.4 Å². The van der Waals surface area contributed by atoms with Crippen molar-refractivity contribution in [3.05, 3.63) is 72.6 Å². The molecule has 4 rings (SSSR count). The van der Waals surface area contributed by atoms with Gasteiger partial charge in [0.05, 0.1) is 23.1 Å². The topological polar surface area (TPSA) is 79.4 Å². The fourth-order valence-electron chi connectivity index (χ4n) is 3.68. The molecule has 29 heavy (non-hydrogen) atoms. The Bertz CT molecular complexity index is 1120. The van der Waals surface area contributed by atoms with Crippen LogP contribution >= 0.6 is 0 Å². The van der Waals surface area contributed by atoms with Crippen molar-refractivity contribution in [2.24, 2.45) is 5.92 Å². The van der Waals surface area contributed by atoms with Crippen LogP contribution < -0.4 is 5.32 Å². The summed E-state index contributed by atoms with van der Waals surface area (Å²) in [7, 11) is -3.65. The molecule has 0 bridgehead atoms. The number of hydrogen-bond donors (Lipinski definition) is 1. The van der Waals surface area contributed by atoms with Crippen molar-refractivity contribution in [2.75, 3.05) is 13.1 Å². The van der Waals surface area contributed by atoms with Gasteiger partial charge < -0.3 is 5.32 Å². The minimum absolute atomic E-state index is 0.130. The largest absolute Gasteiger partial charge is 0.350 e. The third-order valence-corrected chi connectivity index (χ3v) is 7.14. The second-order valence-corrected chi connectivity index (χ2v) is 9.19. The summed E-state index contributed by atoms with van der Waals surface area (Å²) in [5, 5.41) is 4.76. The van der Waals surface area contributed by atoms with Gasteiger partial charge >= 0.3 is 0 Å². The Labute approximate surface area is 170 Å². The highest BCUT2D eigenvalue weighted by molar-refractivity contribution is 7.89. The van der Waals surface area contributed by atoms with Crippen LogP contribution in [0.2, 0.25) is 0 Å². The molecule has 1 N–H and O–H groups in total. The number of carbonyl (C=O) groups excluding carboxylic acids is 1. The molecule has 1 fully saturated rings. The number of amides is 1. The second kappa shape index (κ2) is 8.31. The molecule has 1 aromatic heterocycles. The third-order valence-electron chi connectivity index (χ3n) is 5.28. The minimum Gasteiger partial charge on any atom is -0.350 e. The highest BCUT2D eigenvalue weighted by atomic mass is 32.2. The number of benzene rings is 2. The van der Waals surface area contributed by atoms with Gasteiger partial charge in [0.25, 0.3) is 0 Å². The molecular weight excluding hydrogens is 386 g/mol. The summed E-state index contributed by atoms with van der Waals surface area (Å²) in [6.07, 6.45) is 3.02. The van der Waals surface area contributed by atoms with Crippen LogP contribution in [0, 0.1) is 5.92 Å². The van der Waals surface area contributed by atoms with Crippen molar-refractivity contribution in [3.8, 4) is 0 Å². The van der Waals surface area contributed by atoms with Gasteiger partial charge in [-0.25, -0.2) is 8.42 Å². The quantitative estimate of drug-likeness (QED) is 0.703. The monoisotopic (exact) mass is 409 g/mol. The van der Waals surface area contributed by atoms with Gasteiger partial charge in [0.2, 0.25) is 15.9 Å². The lowest BCUT2D eigenvalue weighted by molar-refractivity contribution is -0.126. The van der Waals surface area contributed by atoms with Gasteiger partial charge in [-0.1, -0.05) is 36.4 Å². The molecular formula is C22H23N3O3S. The van der Waals surface area contributed by atoms with Crippen LogP contribution in [0.1, 0.15) is 18.5 Å². The molecule has 1 aliphatic rings. The zero-order valence-electron chi connectivity index (χ0n) is 16.0. The minimum atomic E-state index is -3.65. The molecule has 7 heteroatoms. The van der Waals surface area contributed by atoms with E-state index in [4.69, 9.17) is 0 Å². The lowest BCUT2D eigenvalue weighted by Crippen LogP contribution is -2.45. The Balaban J connectivity index is 1.47. The molecule has 0 spiro atoms. The molecule has 2 aromatic carbocycles. The molecule has 0 aliphatic carbocycles. The summed E-state index contributed by atoms with van der Waals surface area (Å²) >= 11 is 0. The molecule has 1 aliphatic heterocycles. The highest BCUT2D eigenvalue weighted by Gasteiger charge is 2.33. The highest BCUT2D eigenvalue weighted by Crippen LogP contribution is 2.26. The van der Waals surface area contributed by atoms with Gasteiger partial charge in [0.1, 0.15) is 0 Å². The Kier molecular flexibility index (Phi) is 5.60. The fraction of sp³-hybridized carbons (Fsp3) is 0.273. The van der Waals surface area contributed by atoms with E-state index in [9.17, 15) is 13.2 Å². The van der Waals surface area contributed by atoms with Gasteiger partial charge in [-0.05, 0) is 47.9 Å². The second-order valence-electron chi connectivity index (χ2n) is 7.25. The van der Waals surface area contributed by atoms with Crippen molar-refractivity contribution < 1.29 is 13.2 Å². The zero-order chi connectivity index (χ0) is 20.3. The summed E-state index contributed by atoms with van der Waals surface area (Å²) < 4.78 is 27.8. The van der Waals surface area contributed by atoms with Crippen LogP contribution in [0.25, 0.3) is 10.8 Å². The van der Waals surface area contributed by atoms with Crippen LogP contribution in [-0.4, -0.2) is 36.7 Å². The lowest BCUT2D eigenvalue weighted by Gasteiger charge is -2.31. The van der Waals surface area contributed by atoms with Gasteiger partial charge in [-0.2, -0.15) is 4.31 Å². The number of fused-ring (bicyclic) bond motifs is 1. The van der Waals surface area contributed by atoms with E-state index in [1.54, 1.807) is 18.3 Å². The Morgan fingerprint density at radius 1 is 1.07 bits per heavy atom. The Hall–Kier alpha value is -2.77. The summed E-state index contributed by atoms with van der Waals surface area (Å²) in [6, 6.07) is 18.4. The maximum Gasteiger partial charge on any atom is 0.243 e. The van der Waals surface area contributed by atoms with Crippen LogP contribution in [0.4, 0.5) is 0 Å². The first-order valence-corrected chi connectivity index (χ1v) is 11.1. The molecule has 6 nitrogen and oxygen atoms in total. The first-order valence-electron chi connectivity index (χ1n) is 9.70. The Morgan fingerprint density at radius 3 is 2.66 bits per heavy atom.